The fourth-order valence-corrected chi connectivity index (χ4v) is 2.62. The van der Waals surface area contributed by atoms with Crippen LogP contribution in [0.15, 0.2) is 42.5 Å². The Hall–Kier alpha value is -2.62. The number of benzene rings is 2. The van der Waals surface area contributed by atoms with E-state index in [1.54, 1.807) is 7.11 Å². The first-order chi connectivity index (χ1) is 12.0. The minimum atomic E-state index is -0.105. The molecule has 0 aliphatic heterocycles. The zero-order valence-electron chi connectivity index (χ0n) is 15.1. The number of rotatable bonds is 8. The van der Waals surface area contributed by atoms with Crippen molar-refractivity contribution < 1.29 is 14.3 Å². The summed E-state index contributed by atoms with van der Waals surface area (Å²) in [6.07, 6.45) is 1.13. The second-order valence-electron chi connectivity index (χ2n) is 6.13. The minimum absolute atomic E-state index is 0.00276. The standard InChI is InChI=1S/C21H25NO3/c1-15-8-9-18(14-16(15)2)19(23)10-11-21(24)22-13-12-17-6-4-5-7-20(17)25-3/h4-9,14H,10-13H2,1-3H3,(H,22,24). The summed E-state index contributed by atoms with van der Waals surface area (Å²) in [5.41, 5.74) is 3.97. The van der Waals surface area contributed by atoms with Crippen molar-refractivity contribution in [1.29, 1.82) is 0 Å². The van der Waals surface area contributed by atoms with Gasteiger partial charge in [-0.1, -0.05) is 30.3 Å². The van der Waals surface area contributed by atoms with Crippen molar-refractivity contribution in [2.24, 2.45) is 0 Å². The van der Waals surface area contributed by atoms with Gasteiger partial charge in [0.2, 0.25) is 5.91 Å². The molecule has 4 nitrogen and oxygen atoms in total. The van der Waals surface area contributed by atoms with E-state index in [4.69, 9.17) is 4.74 Å². The molecule has 0 saturated carbocycles. The summed E-state index contributed by atoms with van der Waals surface area (Å²) in [6, 6.07) is 13.4. The molecule has 2 rings (SSSR count). The van der Waals surface area contributed by atoms with Crippen LogP contribution in [0.5, 0.6) is 5.75 Å². The van der Waals surface area contributed by atoms with E-state index in [2.05, 4.69) is 5.32 Å². The molecule has 0 heterocycles. The van der Waals surface area contributed by atoms with E-state index in [0.717, 1.165) is 22.4 Å². The molecule has 1 amide bonds. The number of methoxy groups -OCH3 is 1. The van der Waals surface area contributed by atoms with E-state index in [9.17, 15) is 9.59 Å². The van der Waals surface area contributed by atoms with Crippen LogP contribution < -0.4 is 10.1 Å². The Morgan fingerprint density at radius 2 is 1.76 bits per heavy atom. The number of para-hydroxylation sites is 1. The van der Waals surface area contributed by atoms with Crippen LogP contribution in [0.2, 0.25) is 0 Å². The van der Waals surface area contributed by atoms with Crippen LogP contribution >= 0.6 is 0 Å². The van der Waals surface area contributed by atoms with E-state index >= 15 is 0 Å². The molecule has 0 atom stereocenters. The summed E-state index contributed by atoms with van der Waals surface area (Å²) in [5.74, 6) is 0.719. The Labute approximate surface area is 149 Å². The largest absolute Gasteiger partial charge is 0.496 e. The average Bonchev–Trinajstić information content (AvgIpc) is 2.62. The summed E-state index contributed by atoms with van der Waals surface area (Å²) in [7, 11) is 1.63. The van der Waals surface area contributed by atoms with Gasteiger partial charge >= 0.3 is 0 Å². The van der Waals surface area contributed by atoms with Crippen LogP contribution in [0, 0.1) is 13.8 Å². The van der Waals surface area contributed by atoms with Crippen molar-refractivity contribution in [3.8, 4) is 5.75 Å². The zero-order chi connectivity index (χ0) is 18.2. The van der Waals surface area contributed by atoms with Crippen LogP contribution in [0.3, 0.4) is 0 Å². The van der Waals surface area contributed by atoms with Crippen molar-refractivity contribution >= 4 is 11.7 Å². The molecule has 1 N–H and O–H groups in total. The predicted octanol–water partition coefficient (Wildman–Crippen LogP) is 3.63. The van der Waals surface area contributed by atoms with Crippen molar-refractivity contribution in [2.75, 3.05) is 13.7 Å². The van der Waals surface area contributed by atoms with Crippen molar-refractivity contribution in [3.63, 3.8) is 0 Å². The maximum atomic E-state index is 12.2. The molecule has 2 aromatic rings. The van der Waals surface area contributed by atoms with Gasteiger partial charge in [-0.2, -0.15) is 0 Å². The first-order valence-electron chi connectivity index (χ1n) is 8.50. The molecule has 0 unspecified atom stereocenters. The Morgan fingerprint density at radius 1 is 1.00 bits per heavy atom. The number of nitrogens with one attached hydrogen (secondary N) is 1. The van der Waals surface area contributed by atoms with Crippen LogP contribution in [0.25, 0.3) is 0 Å². The third-order valence-electron chi connectivity index (χ3n) is 4.32. The van der Waals surface area contributed by atoms with Crippen molar-refractivity contribution in [3.05, 3.63) is 64.7 Å². The third-order valence-corrected chi connectivity index (χ3v) is 4.32. The average molecular weight is 339 g/mol. The van der Waals surface area contributed by atoms with Gasteiger partial charge in [-0.25, -0.2) is 0 Å². The molecule has 0 aromatic heterocycles. The van der Waals surface area contributed by atoms with E-state index in [1.807, 2.05) is 56.3 Å². The second-order valence-corrected chi connectivity index (χ2v) is 6.13. The number of Topliss-reactive ketones (excluding diaryl/α,β-unsaturated/α-hetero) is 1. The highest BCUT2D eigenvalue weighted by Gasteiger charge is 2.10. The highest BCUT2D eigenvalue weighted by atomic mass is 16.5. The molecule has 2 aromatic carbocycles. The maximum Gasteiger partial charge on any atom is 0.220 e. The highest BCUT2D eigenvalue weighted by molar-refractivity contribution is 5.98. The fourth-order valence-electron chi connectivity index (χ4n) is 2.62. The van der Waals surface area contributed by atoms with E-state index in [0.29, 0.717) is 18.5 Å². The van der Waals surface area contributed by atoms with Gasteiger partial charge in [0.1, 0.15) is 5.75 Å². The number of amides is 1. The predicted molar refractivity (Wildman–Crippen MR) is 99.2 cm³/mol. The Balaban J connectivity index is 1.76. The molecular formula is C21H25NO3. The SMILES string of the molecule is COc1ccccc1CCNC(=O)CCC(=O)c1ccc(C)c(C)c1. The van der Waals surface area contributed by atoms with E-state index < -0.39 is 0 Å². The Kier molecular flexibility index (Phi) is 6.75. The lowest BCUT2D eigenvalue weighted by molar-refractivity contribution is -0.121. The normalized spacial score (nSPS) is 10.4. The maximum absolute atomic E-state index is 12.2. The molecular weight excluding hydrogens is 314 g/mol. The molecule has 0 aliphatic carbocycles. The Morgan fingerprint density at radius 3 is 2.48 bits per heavy atom. The molecule has 0 spiro atoms. The monoisotopic (exact) mass is 339 g/mol. The van der Waals surface area contributed by atoms with Crippen molar-refractivity contribution in [1.82, 2.24) is 5.32 Å². The van der Waals surface area contributed by atoms with Gasteiger partial charge in [-0.05, 0) is 49.1 Å². The molecule has 4 heteroatoms. The van der Waals surface area contributed by atoms with Gasteiger partial charge in [0.05, 0.1) is 7.11 Å². The molecule has 0 radical (unpaired) electrons. The number of carbonyl (C=O) groups excluding carboxylic acids is 2. The number of aryl methyl sites for hydroxylation is 2. The summed E-state index contributed by atoms with van der Waals surface area (Å²) in [6.45, 7) is 4.52. The van der Waals surface area contributed by atoms with Crippen LogP contribution in [-0.4, -0.2) is 25.3 Å². The summed E-state index contributed by atoms with van der Waals surface area (Å²) < 4.78 is 5.29. The van der Waals surface area contributed by atoms with E-state index in [-0.39, 0.29) is 24.5 Å². The smallest absolute Gasteiger partial charge is 0.220 e. The van der Waals surface area contributed by atoms with Gasteiger partial charge in [-0.3, -0.25) is 9.59 Å². The zero-order valence-corrected chi connectivity index (χ0v) is 15.1. The Bertz CT molecular complexity index is 753. The lowest BCUT2D eigenvalue weighted by atomic mass is 10.0. The quantitative estimate of drug-likeness (QED) is 0.747. The van der Waals surface area contributed by atoms with Gasteiger partial charge in [0.15, 0.2) is 5.78 Å². The molecule has 0 fully saturated rings. The number of hydrogen-bond acceptors (Lipinski definition) is 3. The molecule has 0 aliphatic rings. The lowest BCUT2D eigenvalue weighted by Crippen LogP contribution is -2.26. The van der Waals surface area contributed by atoms with Crippen LogP contribution in [-0.2, 0) is 11.2 Å². The molecule has 0 saturated heterocycles. The minimum Gasteiger partial charge on any atom is -0.496 e. The van der Waals surface area contributed by atoms with Crippen LogP contribution in [0.1, 0.15) is 39.9 Å². The van der Waals surface area contributed by atoms with Gasteiger partial charge in [-0.15, -0.1) is 0 Å². The summed E-state index contributed by atoms with van der Waals surface area (Å²) in [5, 5.41) is 2.86. The number of ether oxygens (including phenoxy) is 1. The molecule has 0 bridgehead atoms. The highest BCUT2D eigenvalue weighted by Crippen LogP contribution is 2.17. The fraction of sp³-hybridized carbons (Fsp3) is 0.333. The first-order valence-corrected chi connectivity index (χ1v) is 8.50. The second kappa shape index (κ2) is 9.02. The van der Waals surface area contributed by atoms with Gasteiger partial charge in [0, 0.05) is 24.9 Å². The number of hydrogen-bond donors (Lipinski definition) is 1. The lowest BCUT2D eigenvalue weighted by Gasteiger charge is -2.09. The summed E-state index contributed by atoms with van der Waals surface area (Å²) >= 11 is 0. The number of carbonyl (C=O) groups is 2. The van der Waals surface area contributed by atoms with Crippen LogP contribution in [0.4, 0.5) is 0 Å². The van der Waals surface area contributed by atoms with E-state index in [1.165, 1.54) is 0 Å². The van der Waals surface area contributed by atoms with Gasteiger partial charge in [0.25, 0.3) is 0 Å². The molecule has 132 valence electrons. The van der Waals surface area contributed by atoms with Crippen molar-refractivity contribution in [2.45, 2.75) is 33.1 Å². The van der Waals surface area contributed by atoms with Gasteiger partial charge < -0.3 is 10.1 Å². The number of ketones is 1. The molecule has 25 heavy (non-hydrogen) atoms. The topological polar surface area (TPSA) is 55.4 Å². The summed E-state index contributed by atoms with van der Waals surface area (Å²) in [4.78, 5) is 24.1. The first kappa shape index (κ1) is 18.7. The third kappa shape index (κ3) is 5.45.